The van der Waals surface area contributed by atoms with E-state index in [4.69, 9.17) is 13.9 Å². The van der Waals surface area contributed by atoms with Crippen LogP contribution in [0.15, 0.2) is 91.9 Å². The van der Waals surface area contributed by atoms with Gasteiger partial charge in [-0.2, -0.15) is 4.98 Å². The highest BCUT2D eigenvalue weighted by molar-refractivity contribution is 7.98. The lowest BCUT2D eigenvalue weighted by atomic mass is 10.2. The molecule has 0 bridgehead atoms. The van der Waals surface area contributed by atoms with Crippen LogP contribution in [0.25, 0.3) is 22.3 Å². The molecule has 0 radical (unpaired) electrons. The van der Waals surface area contributed by atoms with Gasteiger partial charge in [0.1, 0.15) is 5.76 Å². The molecule has 3 aromatic heterocycles. The molecule has 0 aliphatic heterocycles. The van der Waals surface area contributed by atoms with Crippen LogP contribution in [0.2, 0.25) is 0 Å². The third kappa shape index (κ3) is 3.65. The molecule has 2 aromatic carbocycles. The quantitative estimate of drug-likeness (QED) is 0.300. The summed E-state index contributed by atoms with van der Waals surface area (Å²) >= 11 is 1.37. The van der Waals surface area contributed by atoms with E-state index in [-0.39, 0.29) is 5.56 Å². The number of benzene rings is 2. The van der Waals surface area contributed by atoms with Crippen LogP contribution in [-0.2, 0) is 12.3 Å². The van der Waals surface area contributed by atoms with Gasteiger partial charge in [-0.1, -0.05) is 59.4 Å². The molecule has 0 spiro atoms. The van der Waals surface area contributed by atoms with Crippen molar-refractivity contribution in [1.82, 2.24) is 19.7 Å². The van der Waals surface area contributed by atoms with Crippen molar-refractivity contribution >= 4 is 22.7 Å². The van der Waals surface area contributed by atoms with Crippen molar-refractivity contribution < 1.29 is 8.94 Å². The molecule has 0 aliphatic carbocycles. The van der Waals surface area contributed by atoms with Gasteiger partial charge in [0.15, 0.2) is 5.16 Å². The van der Waals surface area contributed by atoms with Gasteiger partial charge in [-0.3, -0.25) is 9.36 Å². The zero-order valence-corrected chi connectivity index (χ0v) is 16.6. The maximum atomic E-state index is 13.1. The molecule has 0 atom stereocenters. The average Bonchev–Trinajstić information content (AvgIpc) is 3.47. The van der Waals surface area contributed by atoms with Crippen LogP contribution in [0.1, 0.15) is 11.7 Å². The Bertz CT molecular complexity index is 1340. The van der Waals surface area contributed by atoms with Gasteiger partial charge < -0.3 is 8.94 Å². The number of nitrogens with zero attached hydrogens (tertiary/aromatic N) is 4. The van der Waals surface area contributed by atoms with E-state index in [1.54, 1.807) is 23.0 Å². The standard InChI is InChI=1S/C22H16N4O3S/c27-21-17-10-4-5-11-18(17)23-22(26(21)13-16-9-6-12-28-16)30-14-19-24-20(25-29-19)15-7-2-1-3-8-15/h1-12H,13-14H2. The van der Waals surface area contributed by atoms with Gasteiger partial charge in [-0.05, 0) is 24.3 Å². The van der Waals surface area contributed by atoms with Crippen LogP contribution in [0.5, 0.6) is 0 Å². The second-order valence-electron chi connectivity index (χ2n) is 6.55. The minimum absolute atomic E-state index is 0.116. The Balaban J connectivity index is 1.46. The maximum absolute atomic E-state index is 13.1. The van der Waals surface area contributed by atoms with E-state index in [0.29, 0.717) is 45.8 Å². The first kappa shape index (κ1) is 18.4. The Morgan fingerprint density at radius 1 is 0.933 bits per heavy atom. The van der Waals surface area contributed by atoms with Gasteiger partial charge in [0.25, 0.3) is 5.56 Å². The highest BCUT2D eigenvalue weighted by atomic mass is 32.2. The summed E-state index contributed by atoms with van der Waals surface area (Å²) in [6, 6.07) is 20.6. The first-order chi connectivity index (χ1) is 14.8. The van der Waals surface area contributed by atoms with Crippen LogP contribution in [0, 0.1) is 0 Å². The van der Waals surface area contributed by atoms with Gasteiger partial charge in [-0.25, -0.2) is 4.98 Å². The van der Waals surface area contributed by atoms with Gasteiger partial charge in [0.05, 0.1) is 29.5 Å². The van der Waals surface area contributed by atoms with E-state index in [1.807, 2.05) is 54.6 Å². The minimum Gasteiger partial charge on any atom is -0.467 e. The third-order valence-electron chi connectivity index (χ3n) is 4.55. The fraction of sp³-hybridized carbons (Fsp3) is 0.0909. The Hall–Kier alpha value is -3.65. The zero-order chi connectivity index (χ0) is 20.3. The average molecular weight is 416 g/mol. The molecule has 0 fully saturated rings. The smallest absolute Gasteiger partial charge is 0.262 e. The predicted octanol–water partition coefficient (Wildman–Crippen LogP) is 4.38. The molecular weight excluding hydrogens is 400 g/mol. The highest BCUT2D eigenvalue weighted by Gasteiger charge is 2.15. The van der Waals surface area contributed by atoms with Crippen LogP contribution in [-0.4, -0.2) is 19.7 Å². The van der Waals surface area contributed by atoms with Crippen molar-refractivity contribution in [3.63, 3.8) is 0 Å². The summed E-state index contributed by atoms with van der Waals surface area (Å²) in [5.74, 6) is 2.07. The lowest BCUT2D eigenvalue weighted by Crippen LogP contribution is -2.23. The zero-order valence-electron chi connectivity index (χ0n) is 15.8. The monoisotopic (exact) mass is 416 g/mol. The van der Waals surface area contributed by atoms with Crippen molar-refractivity contribution in [3.8, 4) is 11.4 Å². The van der Waals surface area contributed by atoms with E-state index < -0.39 is 0 Å². The molecular formula is C22H16N4O3S. The second kappa shape index (κ2) is 8.00. The van der Waals surface area contributed by atoms with E-state index >= 15 is 0 Å². The first-order valence-corrected chi connectivity index (χ1v) is 10.3. The predicted molar refractivity (Wildman–Crippen MR) is 113 cm³/mol. The topological polar surface area (TPSA) is 87.0 Å². The van der Waals surface area contributed by atoms with Gasteiger partial charge >= 0.3 is 0 Å². The molecule has 148 valence electrons. The largest absolute Gasteiger partial charge is 0.467 e. The molecule has 0 saturated carbocycles. The summed E-state index contributed by atoms with van der Waals surface area (Å²) in [4.78, 5) is 22.2. The summed E-state index contributed by atoms with van der Waals surface area (Å²) in [7, 11) is 0. The Labute approximate surface area is 175 Å². The second-order valence-corrected chi connectivity index (χ2v) is 7.49. The molecule has 0 amide bonds. The summed E-state index contributed by atoms with van der Waals surface area (Å²) in [5.41, 5.74) is 1.42. The molecule has 7 nitrogen and oxygen atoms in total. The molecule has 5 aromatic rings. The maximum Gasteiger partial charge on any atom is 0.262 e. The number of rotatable bonds is 6. The summed E-state index contributed by atoms with van der Waals surface area (Å²) in [5, 5.41) is 5.18. The van der Waals surface area contributed by atoms with Gasteiger partial charge in [-0.15, -0.1) is 0 Å². The Kier molecular flexibility index (Phi) is 4.90. The summed E-state index contributed by atoms with van der Waals surface area (Å²) in [6.45, 7) is 0.297. The molecule has 8 heteroatoms. The number of para-hydroxylation sites is 1. The first-order valence-electron chi connectivity index (χ1n) is 9.31. The van der Waals surface area contributed by atoms with Crippen LogP contribution >= 0.6 is 11.8 Å². The Morgan fingerprint density at radius 2 is 1.77 bits per heavy atom. The van der Waals surface area contributed by atoms with Gasteiger partial charge in [0.2, 0.25) is 11.7 Å². The molecule has 3 heterocycles. The molecule has 30 heavy (non-hydrogen) atoms. The lowest BCUT2D eigenvalue weighted by Gasteiger charge is -2.11. The fourth-order valence-corrected chi connectivity index (χ4v) is 3.94. The van der Waals surface area contributed by atoms with Crippen LogP contribution in [0.3, 0.4) is 0 Å². The lowest BCUT2D eigenvalue weighted by molar-refractivity contribution is 0.391. The Morgan fingerprint density at radius 3 is 2.60 bits per heavy atom. The minimum atomic E-state index is -0.116. The highest BCUT2D eigenvalue weighted by Crippen LogP contribution is 2.24. The number of aromatic nitrogens is 4. The number of hydrogen-bond acceptors (Lipinski definition) is 7. The summed E-state index contributed by atoms with van der Waals surface area (Å²) in [6.07, 6.45) is 1.59. The number of furan rings is 1. The SMILES string of the molecule is O=c1c2ccccc2nc(SCc2nc(-c3ccccc3)no2)n1Cc1ccco1. The van der Waals surface area contributed by atoms with Gasteiger partial charge in [0, 0.05) is 5.56 Å². The van der Waals surface area contributed by atoms with E-state index in [9.17, 15) is 4.79 Å². The molecule has 0 saturated heterocycles. The molecule has 0 N–H and O–H groups in total. The van der Waals surface area contributed by atoms with Crippen molar-refractivity contribution in [1.29, 1.82) is 0 Å². The van der Waals surface area contributed by atoms with Crippen LogP contribution < -0.4 is 5.56 Å². The number of fused-ring (bicyclic) bond motifs is 1. The fourth-order valence-electron chi connectivity index (χ4n) is 3.10. The van der Waals surface area contributed by atoms with Crippen molar-refractivity contribution in [2.45, 2.75) is 17.5 Å². The normalized spacial score (nSPS) is 11.2. The van der Waals surface area contributed by atoms with E-state index in [1.165, 1.54) is 11.8 Å². The molecule has 0 unspecified atom stereocenters. The molecule has 5 rings (SSSR count). The van der Waals surface area contributed by atoms with Crippen molar-refractivity contribution in [2.24, 2.45) is 0 Å². The van der Waals surface area contributed by atoms with E-state index in [0.717, 1.165) is 5.56 Å². The number of hydrogen-bond donors (Lipinski definition) is 0. The molecule has 0 aliphatic rings. The third-order valence-corrected chi connectivity index (χ3v) is 5.51. The van der Waals surface area contributed by atoms with Crippen molar-refractivity contribution in [2.75, 3.05) is 0 Å². The number of thioether (sulfide) groups is 1. The summed E-state index contributed by atoms with van der Waals surface area (Å²) < 4.78 is 12.4. The van der Waals surface area contributed by atoms with Crippen molar-refractivity contribution in [3.05, 3.63) is 95.0 Å². The van der Waals surface area contributed by atoms with Crippen LogP contribution in [0.4, 0.5) is 0 Å². The van der Waals surface area contributed by atoms with E-state index in [2.05, 4.69) is 10.1 Å².